The first-order chi connectivity index (χ1) is 9.15. The molecule has 1 heterocycles. The lowest BCUT2D eigenvalue weighted by molar-refractivity contribution is 0.0364. The molecule has 1 unspecified atom stereocenters. The van der Waals surface area contributed by atoms with Crippen molar-refractivity contribution in [2.75, 3.05) is 12.4 Å². The van der Waals surface area contributed by atoms with Gasteiger partial charge >= 0.3 is 12.1 Å². The van der Waals surface area contributed by atoms with E-state index in [-0.39, 0.29) is 12.1 Å². The molecule has 0 saturated heterocycles. The van der Waals surface area contributed by atoms with Gasteiger partial charge in [-0.15, -0.1) is 0 Å². The predicted octanol–water partition coefficient (Wildman–Crippen LogP) is 3.27. The number of methoxy groups -OCH3 is 1. The highest BCUT2D eigenvalue weighted by Gasteiger charge is 2.30. The Hall–Kier alpha value is -2.04. The highest BCUT2D eigenvalue weighted by Crippen LogP contribution is 2.35. The van der Waals surface area contributed by atoms with Crippen LogP contribution in [0.25, 0.3) is 0 Å². The Morgan fingerprint density at radius 2 is 2.26 bits per heavy atom. The van der Waals surface area contributed by atoms with Crippen molar-refractivity contribution in [3.05, 3.63) is 29.3 Å². The number of nitrogens with one attached hydrogen (secondary N) is 1. The Labute approximate surface area is 111 Å². The Morgan fingerprint density at radius 3 is 2.95 bits per heavy atom. The fourth-order valence-corrected chi connectivity index (χ4v) is 2.12. The molecule has 5 heteroatoms. The van der Waals surface area contributed by atoms with E-state index < -0.39 is 6.09 Å². The predicted molar refractivity (Wildman–Crippen MR) is 70.2 cm³/mol. The van der Waals surface area contributed by atoms with E-state index in [1.807, 2.05) is 6.07 Å². The lowest BCUT2D eigenvalue weighted by atomic mass is 10.0. The molecule has 0 fully saturated rings. The highest BCUT2D eigenvalue weighted by molar-refractivity contribution is 5.96. The van der Waals surface area contributed by atoms with Gasteiger partial charge in [0.2, 0.25) is 0 Å². The van der Waals surface area contributed by atoms with Gasteiger partial charge in [-0.3, -0.25) is 5.32 Å². The van der Waals surface area contributed by atoms with Gasteiger partial charge in [-0.2, -0.15) is 0 Å². The van der Waals surface area contributed by atoms with Crippen LogP contribution in [0, 0.1) is 0 Å². The summed E-state index contributed by atoms with van der Waals surface area (Å²) in [6.07, 6.45) is 2.19. The van der Waals surface area contributed by atoms with E-state index in [0.717, 1.165) is 24.8 Å². The van der Waals surface area contributed by atoms with Crippen LogP contribution in [0.1, 0.15) is 48.2 Å². The number of ether oxygens (including phenoxy) is 2. The molecule has 0 radical (unpaired) electrons. The second-order valence-corrected chi connectivity index (χ2v) is 4.45. The lowest BCUT2D eigenvalue weighted by Gasteiger charge is -2.09. The molecule has 0 spiro atoms. The molecule has 1 N–H and O–H groups in total. The zero-order valence-corrected chi connectivity index (χ0v) is 11.1. The molecular weight excluding hydrogens is 246 g/mol. The maximum Gasteiger partial charge on any atom is 0.411 e. The minimum atomic E-state index is -0.561. The first kappa shape index (κ1) is 13.4. The number of hydrogen-bond donors (Lipinski definition) is 1. The molecule has 0 saturated carbocycles. The average Bonchev–Trinajstić information content (AvgIpc) is 2.73. The smallest absolute Gasteiger partial charge is 0.411 e. The van der Waals surface area contributed by atoms with E-state index in [1.165, 1.54) is 7.11 Å². The van der Waals surface area contributed by atoms with Gasteiger partial charge in [-0.25, -0.2) is 9.59 Å². The molecular formula is C14H17NO4. The largest absolute Gasteiger partial charge is 0.454 e. The van der Waals surface area contributed by atoms with Crippen molar-refractivity contribution in [3.8, 4) is 0 Å². The van der Waals surface area contributed by atoms with Crippen LogP contribution < -0.4 is 5.32 Å². The Bertz CT molecular complexity index is 498. The highest BCUT2D eigenvalue weighted by atomic mass is 16.5. The zero-order valence-electron chi connectivity index (χ0n) is 11.1. The van der Waals surface area contributed by atoms with E-state index in [1.54, 1.807) is 12.1 Å². The van der Waals surface area contributed by atoms with Gasteiger partial charge < -0.3 is 9.47 Å². The Kier molecular flexibility index (Phi) is 4.04. The first-order valence-corrected chi connectivity index (χ1v) is 6.35. The summed E-state index contributed by atoms with van der Waals surface area (Å²) in [5.74, 6) is -0.329. The standard InChI is InChI=1S/C14H17NO4/c1-3-4-5-12-10-7-6-9(15-14(17)18-2)8-11(10)13(16)19-12/h6-8,12H,3-5H2,1-2H3,(H,15,17). The summed E-state index contributed by atoms with van der Waals surface area (Å²) in [6.45, 7) is 2.10. The first-order valence-electron chi connectivity index (χ1n) is 6.35. The minimum absolute atomic E-state index is 0.158. The molecule has 1 aromatic rings. The zero-order chi connectivity index (χ0) is 13.8. The van der Waals surface area contributed by atoms with Gasteiger partial charge in [0, 0.05) is 11.3 Å². The van der Waals surface area contributed by atoms with Gasteiger partial charge in [0.15, 0.2) is 0 Å². The van der Waals surface area contributed by atoms with E-state index in [4.69, 9.17) is 4.74 Å². The third-order valence-corrected chi connectivity index (χ3v) is 3.12. The molecule has 1 atom stereocenters. The molecule has 0 bridgehead atoms. The second-order valence-electron chi connectivity index (χ2n) is 4.45. The summed E-state index contributed by atoms with van der Waals surface area (Å²) in [7, 11) is 1.29. The molecule has 1 aliphatic rings. The van der Waals surface area contributed by atoms with Crippen LogP contribution in [-0.4, -0.2) is 19.2 Å². The molecule has 1 aliphatic heterocycles. The summed E-state index contributed by atoms with van der Waals surface area (Å²) in [4.78, 5) is 22.9. The summed E-state index contributed by atoms with van der Waals surface area (Å²) in [5, 5.41) is 2.53. The van der Waals surface area contributed by atoms with E-state index in [0.29, 0.717) is 11.3 Å². The number of hydrogen-bond acceptors (Lipinski definition) is 4. The Balaban J connectivity index is 2.18. The number of esters is 1. The third-order valence-electron chi connectivity index (χ3n) is 3.12. The summed E-state index contributed by atoms with van der Waals surface area (Å²) >= 11 is 0. The summed E-state index contributed by atoms with van der Waals surface area (Å²) in [6, 6.07) is 5.20. The lowest BCUT2D eigenvalue weighted by Crippen LogP contribution is -2.11. The van der Waals surface area contributed by atoms with Gasteiger partial charge in [-0.05, 0) is 25.0 Å². The maximum atomic E-state index is 11.8. The minimum Gasteiger partial charge on any atom is -0.454 e. The second kappa shape index (κ2) is 5.73. The molecule has 2 rings (SSSR count). The molecule has 5 nitrogen and oxygen atoms in total. The fraction of sp³-hybridized carbons (Fsp3) is 0.429. The maximum absolute atomic E-state index is 11.8. The molecule has 102 valence electrons. The Morgan fingerprint density at radius 1 is 1.47 bits per heavy atom. The SMILES string of the molecule is CCCCC1OC(=O)c2cc(NC(=O)OC)ccc21. The van der Waals surface area contributed by atoms with Crippen LogP contribution in [0.3, 0.4) is 0 Å². The van der Waals surface area contributed by atoms with E-state index in [9.17, 15) is 9.59 Å². The number of rotatable bonds is 4. The van der Waals surface area contributed by atoms with Crippen LogP contribution in [0.2, 0.25) is 0 Å². The van der Waals surface area contributed by atoms with Crippen molar-refractivity contribution in [1.29, 1.82) is 0 Å². The van der Waals surface area contributed by atoms with Crippen LogP contribution in [0.5, 0.6) is 0 Å². The number of benzene rings is 1. The van der Waals surface area contributed by atoms with Crippen LogP contribution in [0.15, 0.2) is 18.2 Å². The van der Waals surface area contributed by atoms with E-state index in [2.05, 4.69) is 17.0 Å². The molecule has 1 amide bonds. The van der Waals surface area contributed by atoms with Crippen LogP contribution in [-0.2, 0) is 9.47 Å². The van der Waals surface area contributed by atoms with Crippen LogP contribution >= 0.6 is 0 Å². The van der Waals surface area contributed by atoms with Crippen molar-refractivity contribution in [1.82, 2.24) is 0 Å². The quantitative estimate of drug-likeness (QED) is 0.847. The van der Waals surface area contributed by atoms with E-state index >= 15 is 0 Å². The molecule has 0 aromatic heterocycles. The van der Waals surface area contributed by atoms with Gasteiger partial charge in [0.1, 0.15) is 6.10 Å². The topological polar surface area (TPSA) is 64.6 Å². The number of fused-ring (bicyclic) bond motifs is 1. The number of anilines is 1. The van der Waals surface area contributed by atoms with Crippen molar-refractivity contribution in [3.63, 3.8) is 0 Å². The number of carbonyl (C=O) groups is 2. The van der Waals surface area contributed by atoms with Crippen LogP contribution in [0.4, 0.5) is 10.5 Å². The van der Waals surface area contributed by atoms with Crippen molar-refractivity contribution in [2.24, 2.45) is 0 Å². The van der Waals surface area contributed by atoms with Crippen molar-refractivity contribution < 1.29 is 19.1 Å². The van der Waals surface area contributed by atoms with Gasteiger partial charge in [0.25, 0.3) is 0 Å². The molecule has 1 aromatic carbocycles. The molecule has 19 heavy (non-hydrogen) atoms. The summed E-state index contributed by atoms with van der Waals surface area (Å²) in [5.41, 5.74) is 1.95. The number of cyclic esters (lactones) is 1. The van der Waals surface area contributed by atoms with Gasteiger partial charge in [-0.1, -0.05) is 19.4 Å². The van der Waals surface area contributed by atoms with Gasteiger partial charge in [0.05, 0.1) is 12.7 Å². The molecule has 0 aliphatic carbocycles. The normalized spacial score (nSPS) is 16.7. The van der Waals surface area contributed by atoms with Crippen molar-refractivity contribution >= 4 is 17.7 Å². The number of unbranched alkanes of at least 4 members (excludes halogenated alkanes) is 1. The fourth-order valence-electron chi connectivity index (χ4n) is 2.12. The average molecular weight is 263 g/mol. The van der Waals surface area contributed by atoms with Crippen molar-refractivity contribution in [2.45, 2.75) is 32.3 Å². The third kappa shape index (κ3) is 2.86. The monoisotopic (exact) mass is 263 g/mol. The summed E-state index contributed by atoms with van der Waals surface area (Å²) < 4.78 is 9.85. The number of amides is 1. The number of carbonyl (C=O) groups excluding carboxylic acids is 2.